The lowest BCUT2D eigenvalue weighted by atomic mass is 10.2. The fourth-order valence-corrected chi connectivity index (χ4v) is 2.00. The molecule has 0 spiro atoms. The number of benzene rings is 1. The molecule has 1 N–H and O–H groups in total. The second-order valence-electron chi connectivity index (χ2n) is 4.46. The summed E-state index contributed by atoms with van der Waals surface area (Å²) in [6, 6.07) is 12.5. The van der Waals surface area contributed by atoms with Crippen LogP contribution in [0.5, 0.6) is 0 Å². The van der Waals surface area contributed by atoms with Crippen molar-refractivity contribution < 1.29 is 9.21 Å². The zero-order valence-electron chi connectivity index (χ0n) is 11.0. The van der Waals surface area contributed by atoms with Gasteiger partial charge in [-0.25, -0.2) is 0 Å². The SMILES string of the molecule is O=C(Nc1ccn(Cc2ccc(Cl)cc2)n1)c1ccco1. The van der Waals surface area contributed by atoms with Crippen molar-refractivity contribution in [3.8, 4) is 0 Å². The molecule has 2 aromatic heterocycles. The summed E-state index contributed by atoms with van der Waals surface area (Å²) in [5, 5.41) is 7.66. The first kappa shape index (κ1) is 13.5. The summed E-state index contributed by atoms with van der Waals surface area (Å²) >= 11 is 5.85. The minimum absolute atomic E-state index is 0.252. The molecule has 5 nitrogen and oxygen atoms in total. The van der Waals surface area contributed by atoms with Gasteiger partial charge in [0.15, 0.2) is 11.6 Å². The van der Waals surface area contributed by atoms with Gasteiger partial charge in [0.25, 0.3) is 5.91 Å². The van der Waals surface area contributed by atoms with Gasteiger partial charge in [-0.3, -0.25) is 9.48 Å². The Kier molecular flexibility index (Phi) is 3.75. The van der Waals surface area contributed by atoms with Crippen LogP contribution in [0.3, 0.4) is 0 Å². The molecule has 0 atom stereocenters. The van der Waals surface area contributed by atoms with Crippen LogP contribution in [0, 0.1) is 0 Å². The maximum Gasteiger partial charge on any atom is 0.292 e. The van der Waals surface area contributed by atoms with Gasteiger partial charge in [-0.1, -0.05) is 23.7 Å². The summed E-state index contributed by atoms with van der Waals surface area (Å²) < 4.78 is 6.76. The molecule has 3 aromatic rings. The van der Waals surface area contributed by atoms with Crippen LogP contribution in [0.25, 0.3) is 0 Å². The molecular formula is C15H12ClN3O2. The maximum absolute atomic E-state index is 11.8. The van der Waals surface area contributed by atoms with Crippen molar-refractivity contribution in [1.29, 1.82) is 0 Å². The van der Waals surface area contributed by atoms with E-state index in [1.807, 2.05) is 24.3 Å². The molecule has 0 saturated heterocycles. The Hall–Kier alpha value is -2.53. The Morgan fingerprint density at radius 1 is 1.24 bits per heavy atom. The molecule has 1 amide bonds. The van der Waals surface area contributed by atoms with Crippen LogP contribution < -0.4 is 5.32 Å². The Bertz CT molecular complexity index is 733. The lowest BCUT2D eigenvalue weighted by molar-refractivity contribution is 0.0996. The first-order chi connectivity index (χ1) is 10.2. The number of carbonyl (C=O) groups excluding carboxylic acids is 1. The molecule has 2 heterocycles. The molecule has 0 fully saturated rings. The number of carbonyl (C=O) groups is 1. The molecule has 0 aliphatic rings. The highest BCUT2D eigenvalue weighted by Gasteiger charge is 2.10. The van der Waals surface area contributed by atoms with Gasteiger partial charge in [-0.2, -0.15) is 5.10 Å². The van der Waals surface area contributed by atoms with Gasteiger partial charge in [0, 0.05) is 17.3 Å². The Morgan fingerprint density at radius 3 is 2.76 bits per heavy atom. The summed E-state index contributed by atoms with van der Waals surface area (Å²) in [5.74, 6) is 0.407. The maximum atomic E-state index is 11.8. The summed E-state index contributed by atoms with van der Waals surface area (Å²) in [7, 11) is 0. The molecule has 0 unspecified atom stereocenters. The topological polar surface area (TPSA) is 60.1 Å². The molecule has 0 bridgehead atoms. The van der Waals surface area contributed by atoms with E-state index in [4.69, 9.17) is 16.0 Å². The van der Waals surface area contributed by atoms with E-state index in [2.05, 4.69) is 10.4 Å². The second-order valence-corrected chi connectivity index (χ2v) is 4.89. The molecule has 0 saturated carbocycles. The predicted octanol–water partition coefficient (Wildman–Crippen LogP) is 3.43. The summed E-state index contributed by atoms with van der Waals surface area (Å²) in [5.41, 5.74) is 1.08. The van der Waals surface area contributed by atoms with Crippen LogP contribution in [-0.2, 0) is 6.54 Å². The van der Waals surface area contributed by atoms with E-state index in [-0.39, 0.29) is 11.7 Å². The number of halogens is 1. The van der Waals surface area contributed by atoms with Crippen LogP contribution in [0.4, 0.5) is 5.82 Å². The lowest BCUT2D eigenvalue weighted by Gasteiger charge is -2.02. The van der Waals surface area contributed by atoms with E-state index in [9.17, 15) is 4.79 Å². The van der Waals surface area contributed by atoms with Gasteiger partial charge in [0.05, 0.1) is 12.8 Å². The third kappa shape index (κ3) is 3.32. The van der Waals surface area contributed by atoms with Crippen molar-refractivity contribution in [3.63, 3.8) is 0 Å². The van der Waals surface area contributed by atoms with E-state index >= 15 is 0 Å². The lowest BCUT2D eigenvalue weighted by Crippen LogP contribution is -2.12. The van der Waals surface area contributed by atoms with E-state index in [0.717, 1.165) is 5.56 Å². The van der Waals surface area contributed by atoms with Crippen molar-refractivity contribution in [3.05, 3.63) is 71.3 Å². The molecule has 0 aliphatic heterocycles. The van der Waals surface area contributed by atoms with Gasteiger partial charge in [-0.05, 0) is 29.8 Å². The fourth-order valence-electron chi connectivity index (χ4n) is 1.88. The molecule has 0 radical (unpaired) electrons. The molecule has 3 rings (SSSR count). The van der Waals surface area contributed by atoms with Crippen LogP contribution in [0.1, 0.15) is 16.1 Å². The van der Waals surface area contributed by atoms with Gasteiger partial charge in [-0.15, -0.1) is 0 Å². The molecule has 0 aliphatic carbocycles. The fraction of sp³-hybridized carbons (Fsp3) is 0.0667. The zero-order valence-corrected chi connectivity index (χ0v) is 11.7. The number of furan rings is 1. The Morgan fingerprint density at radius 2 is 2.05 bits per heavy atom. The molecule has 21 heavy (non-hydrogen) atoms. The first-order valence-corrected chi connectivity index (χ1v) is 6.71. The highest BCUT2D eigenvalue weighted by atomic mass is 35.5. The van der Waals surface area contributed by atoms with Crippen LogP contribution >= 0.6 is 11.6 Å². The van der Waals surface area contributed by atoms with E-state index in [0.29, 0.717) is 17.4 Å². The third-order valence-corrected chi connectivity index (χ3v) is 3.14. The Labute approximate surface area is 126 Å². The highest BCUT2D eigenvalue weighted by Crippen LogP contribution is 2.12. The van der Waals surface area contributed by atoms with Crippen molar-refractivity contribution in [1.82, 2.24) is 9.78 Å². The molecule has 1 aromatic carbocycles. The first-order valence-electron chi connectivity index (χ1n) is 6.33. The minimum Gasteiger partial charge on any atom is -0.459 e. The number of hydrogen-bond acceptors (Lipinski definition) is 3. The van der Waals surface area contributed by atoms with E-state index in [1.165, 1.54) is 6.26 Å². The average molecular weight is 302 g/mol. The number of aromatic nitrogens is 2. The second kappa shape index (κ2) is 5.85. The van der Waals surface area contributed by atoms with Crippen LogP contribution in [-0.4, -0.2) is 15.7 Å². The molecule has 6 heteroatoms. The summed E-state index contributed by atoms with van der Waals surface area (Å²) in [6.07, 6.45) is 3.25. The van der Waals surface area contributed by atoms with Gasteiger partial charge < -0.3 is 9.73 Å². The standard InChI is InChI=1S/C15H12ClN3O2/c16-12-5-3-11(4-6-12)10-19-8-7-14(18-19)17-15(20)13-2-1-9-21-13/h1-9H,10H2,(H,17,18,20). The molecule has 106 valence electrons. The number of rotatable bonds is 4. The normalized spacial score (nSPS) is 10.5. The largest absolute Gasteiger partial charge is 0.459 e. The van der Waals surface area contributed by atoms with Gasteiger partial charge >= 0.3 is 0 Å². The van der Waals surface area contributed by atoms with Crippen LogP contribution in [0.15, 0.2) is 59.3 Å². The minimum atomic E-state index is -0.322. The predicted molar refractivity (Wildman–Crippen MR) is 79.4 cm³/mol. The van der Waals surface area contributed by atoms with Crippen molar-refractivity contribution in [2.45, 2.75) is 6.54 Å². The monoisotopic (exact) mass is 301 g/mol. The smallest absolute Gasteiger partial charge is 0.292 e. The van der Waals surface area contributed by atoms with Crippen LogP contribution in [0.2, 0.25) is 5.02 Å². The highest BCUT2D eigenvalue weighted by molar-refractivity contribution is 6.30. The van der Waals surface area contributed by atoms with Crippen molar-refractivity contribution >= 4 is 23.3 Å². The number of anilines is 1. The van der Waals surface area contributed by atoms with E-state index < -0.39 is 0 Å². The Balaban J connectivity index is 1.66. The quantitative estimate of drug-likeness (QED) is 0.803. The number of nitrogens with zero attached hydrogens (tertiary/aromatic N) is 2. The summed E-state index contributed by atoms with van der Waals surface area (Å²) in [6.45, 7) is 0.605. The molecular weight excluding hydrogens is 290 g/mol. The van der Waals surface area contributed by atoms with Crippen molar-refractivity contribution in [2.24, 2.45) is 0 Å². The number of amides is 1. The summed E-state index contributed by atoms with van der Waals surface area (Å²) in [4.78, 5) is 11.8. The zero-order chi connectivity index (χ0) is 14.7. The van der Waals surface area contributed by atoms with E-state index in [1.54, 1.807) is 29.1 Å². The van der Waals surface area contributed by atoms with Gasteiger partial charge in [0.2, 0.25) is 0 Å². The number of nitrogens with one attached hydrogen (secondary N) is 1. The number of hydrogen-bond donors (Lipinski definition) is 1. The van der Waals surface area contributed by atoms with Crippen molar-refractivity contribution in [2.75, 3.05) is 5.32 Å². The average Bonchev–Trinajstić information content (AvgIpc) is 3.13. The third-order valence-electron chi connectivity index (χ3n) is 2.89. The van der Waals surface area contributed by atoms with Gasteiger partial charge in [0.1, 0.15) is 0 Å².